The minimum absolute atomic E-state index is 0.367. The van der Waals surface area contributed by atoms with Crippen molar-refractivity contribution < 1.29 is 14.7 Å². The number of nitrogens with one attached hydrogen (secondary N) is 1. The van der Waals surface area contributed by atoms with Crippen molar-refractivity contribution in [2.45, 2.75) is 46.1 Å². The molecule has 2 aromatic rings. The maximum atomic E-state index is 12.5. The van der Waals surface area contributed by atoms with Gasteiger partial charge in [-0.3, -0.25) is 4.79 Å². The summed E-state index contributed by atoms with van der Waals surface area (Å²) in [5.74, 6) is -0.642. The molecule has 0 fully saturated rings. The van der Waals surface area contributed by atoms with Gasteiger partial charge in [-0.25, -0.2) is 9.78 Å². The lowest BCUT2D eigenvalue weighted by Gasteiger charge is -2.14. The molecule has 2 heterocycles. The van der Waals surface area contributed by atoms with E-state index >= 15 is 0 Å². The van der Waals surface area contributed by atoms with Crippen LogP contribution in [0.3, 0.4) is 0 Å². The SMILES string of the molecule is CCCCC(NC(=O)c1cc(C)n(-c2ccccn2)c1C)C(=O)O. The van der Waals surface area contributed by atoms with Gasteiger partial charge in [0.05, 0.1) is 5.56 Å². The molecule has 0 radical (unpaired) electrons. The van der Waals surface area contributed by atoms with Crippen LogP contribution < -0.4 is 5.32 Å². The van der Waals surface area contributed by atoms with Crippen molar-refractivity contribution in [3.05, 3.63) is 47.4 Å². The van der Waals surface area contributed by atoms with E-state index in [-0.39, 0.29) is 5.91 Å². The minimum atomic E-state index is -1.00. The summed E-state index contributed by atoms with van der Waals surface area (Å²) in [5, 5.41) is 11.9. The topological polar surface area (TPSA) is 84.2 Å². The first-order valence-electron chi connectivity index (χ1n) is 8.09. The summed E-state index contributed by atoms with van der Waals surface area (Å²) in [6.07, 6.45) is 3.76. The average molecular weight is 329 g/mol. The number of hydrogen-bond donors (Lipinski definition) is 2. The van der Waals surface area contributed by atoms with Crippen LogP contribution in [-0.2, 0) is 4.79 Å². The number of nitrogens with zero attached hydrogens (tertiary/aromatic N) is 2. The fourth-order valence-electron chi connectivity index (χ4n) is 2.73. The van der Waals surface area contributed by atoms with E-state index in [4.69, 9.17) is 0 Å². The molecule has 0 aliphatic rings. The van der Waals surface area contributed by atoms with Gasteiger partial charge < -0.3 is 15.0 Å². The lowest BCUT2D eigenvalue weighted by Crippen LogP contribution is -2.40. The van der Waals surface area contributed by atoms with E-state index in [9.17, 15) is 14.7 Å². The second-order valence-corrected chi connectivity index (χ2v) is 5.81. The first-order chi connectivity index (χ1) is 11.5. The van der Waals surface area contributed by atoms with Crippen LogP contribution >= 0.6 is 0 Å². The average Bonchev–Trinajstić information content (AvgIpc) is 2.86. The largest absolute Gasteiger partial charge is 0.480 e. The molecule has 6 heteroatoms. The fraction of sp³-hybridized carbons (Fsp3) is 0.389. The van der Waals surface area contributed by atoms with E-state index in [1.807, 2.05) is 43.5 Å². The number of pyridine rings is 1. The monoisotopic (exact) mass is 329 g/mol. The van der Waals surface area contributed by atoms with Gasteiger partial charge >= 0.3 is 5.97 Å². The number of amides is 1. The van der Waals surface area contributed by atoms with E-state index in [0.29, 0.717) is 12.0 Å². The number of carboxylic acids is 1. The zero-order valence-electron chi connectivity index (χ0n) is 14.2. The fourth-order valence-corrected chi connectivity index (χ4v) is 2.73. The molecule has 1 amide bonds. The summed E-state index contributed by atoms with van der Waals surface area (Å²) in [6.45, 7) is 5.71. The van der Waals surface area contributed by atoms with Crippen LogP contribution in [0.4, 0.5) is 0 Å². The quantitative estimate of drug-likeness (QED) is 0.818. The molecule has 6 nitrogen and oxygen atoms in total. The number of aromatic nitrogens is 2. The Hall–Kier alpha value is -2.63. The van der Waals surface area contributed by atoms with Crippen LogP contribution in [0.15, 0.2) is 30.5 Å². The van der Waals surface area contributed by atoms with Crippen LogP contribution in [0.5, 0.6) is 0 Å². The van der Waals surface area contributed by atoms with Gasteiger partial charge in [-0.1, -0.05) is 25.8 Å². The number of hydrogen-bond acceptors (Lipinski definition) is 3. The molecule has 0 saturated carbocycles. The standard InChI is InChI=1S/C18H23N3O3/c1-4-5-8-15(18(23)24)20-17(22)14-11-12(2)21(13(14)3)16-9-6-7-10-19-16/h6-7,9-11,15H,4-5,8H2,1-3H3,(H,20,22)(H,23,24). The van der Waals surface area contributed by atoms with Gasteiger partial charge in [0.1, 0.15) is 11.9 Å². The molecular weight excluding hydrogens is 306 g/mol. The van der Waals surface area contributed by atoms with Crippen molar-refractivity contribution in [3.63, 3.8) is 0 Å². The summed E-state index contributed by atoms with van der Waals surface area (Å²) in [7, 11) is 0. The van der Waals surface area contributed by atoms with E-state index in [1.165, 1.54) is 0 Å². The molecular formula is C18H23N3O3. The smallest absolute Gasteiger partial charge is 0.326 e. The Labute approximate surface area is 141 Å². The summed E-state index contributed by atoms with van der Waals surface area (Å²) in [4.78, 5) is 28.2. The van der Waals surface area contributed by atoms with Gasteiger partial charge in [0.15, 0.2) is 0 Å². The third-order valence-electron chi connectivity index (χ3n) is 4.00. The zero-order chi connectivity index (χ0) is 17.7. The Bertz CT molecular complexity index is 723. The summed E-state index contributed by atoms with van der Waals surface area (Å²) >= 11 is 0. The molecule has 0 bridgehead atoms. The number of unbranched alkanes of at least 4 members (excludes halogenated alkanes) is 1. The van der Waals surface area contributed by atoms with Crippen molar-refractivity contribution in [2.75, 3.05) is 0 Å². The second-order valence-electron chi connectivity index (χ2n) is 5.81. The predicted molar refractivity (Wildman–Crippen MR) is 91.5 cm³/mol. The van der Waals surface area contributed by atoms with Crippen LogP contribution in [-0.4, -0.2) is 32.6 Å². The number of rotatable bonds is 7. The van der Waals surface area contributed by atoms with Crippen molar-refractivity contribution in [2.24, 2.45) is 0 Å². The van der Waals surface area contributed by atoms with Gasteiger partial charge in [0.25, 0.3) is 5.91 Å². The third kappa shape index (κ3) is 3.82. The molecule has 2 rings (SSSR count). The van der Waals surface area contributed by atoms with Crippen LogP contribution in [0.1, 0.15) is 47.9 Å². The molecule has 128 valence electrons. The number of aryl methyl sites for hydroxylation is 1. The second kappa shape index (κ2) is 7.77. The van der Waals surface area contributed by atoms with Crippen molar-refractivity contribution in [1.82, 2.24) is 14.9 Å². The lowest BCUT2D eigenvalue weighted by molar-refractivity contribution is -0.139. The molecule has 1 atom stereocenters. The highest BCUT2D eigenvalue weighted by Crippen LogP contribution is 2.19. The van der Waals surface area contributed by atoms with Gasteiger partial charge in [-0.05, 0) is 38.5 Å². The maximum absolute atomic E-state index is 12.5. The molecule has 0 aliphatic heterocycles. The van der Waals surface area contributed by atoms with Gasteiger partial charge in [-0.15, -0.1) is 0 Å². The molecule has 24 heavy (non-hydrogen) atoms. The molecule has 2 aromatic heterocycles. The van der Waals surface area contributed by atoms with Crippen LogP contribution in [0.2, 0.25) is 0 Å². The van der Waals surface area contributed by atoms with Gasteiger partial charge in [0.2, 0.25) is 0 Å². The number of carbonyl (C=O) groups is 2. The normalized spacial score (nSPS) is 12.0. The Morgan fingerprint density at radius 3 is 2.67 bits per heavy atom. The Kier molecular flexibility index (Phi) is 5.73. The summed E-state index contributed by atoms with van der Waals surface area (Å²) in [6, 6.07) is 6.47. The van der Waals surface area contributed by atoms with Crippen molar-refractivity contribution in [1.29, 1.82) is 0 Å². The first kappa shape index (κ1) is 17.7. The van der Waals surface area contributed by atoms with E-state index in [2.05, 4.69) is 10.3 Å². The van der Waals surface area contributed by atoms with E-state index in [1.54, 1.807) is 12.3 Å². The first-order valence-corrected chi connectivity index (χ1v) is 8.09. The molecule has 0 aromatic carbocycles. The highest BCUT2D eigenvalue weighted by atomic mass is 16.4. The molecule has 1 unspecified atom stereocenters. The van der Waals surface area contributed by atoms with Gasteiger partial charge in [-0.2, -0.15) is 0 Å². The van der Waals surface area contributed by atoms with Crippen molar-refractivity contribution >= 4 is 11.9 Å². The molecule has 0 aliphatic carbocycles. The van der Waals surface area contributed by atoms with E-state index in [0.717, 1.165) is 30.0 Å². The minimum Gasteiger partial charge on any atom is -0.480 e. The number of carboxylic acid groups (broad SMARTS) is 1. The number of aliphatic carboxylic acids is 1. The predicted octanol–water partition coefficient (Wildman–Crippen LogP) is 2.86. The Morgan fingerprint density at radius 2 is 2.08 bits per heavy atom. The van der Waals surface area contributed by atoms with Gasteiger partial charge in [0, 0.05) is 17.6 Å². The molecule has 2 N–H and O–H groups in total. The zero-order valence-corrected chi connectivity index (χ0v) is 14.2. The lowest BCUT2D eigenvalue weighted by atomic mass is 10.1. The Balaban J connectivity index is 2.26. The summed E-state index contributed by atoms with van der Waals surface area (Å²) in [5.41, 5.74) is 2.08. The summed E-state index contributed by atoms with van der Waals surface area (Å²) < 4.78 is 1.89. The van der Waals surface area contributed by atoms with E-state index < -0.39 is 12.0 Å². The molecule has 0 saturated heterocycles. The van der Waals surface area contributed by atoms with Crippen LogP contribution in [0, 0.1) is 13.8 Å². The number of carbonyl (C=O) groups excluding carboxylic acids is 1. The van der Waals surface area contributed by atoms with Crippen LogP contribution in [0.25, 0.3) is 5.82 Å². The molecule has 0 spiro atoms. The highest BCUT2D eigenvalue weighted by Gasteiger charge is 2.23. The highest BCUT2D eigenvalue weighted by molar-refractivity contribution is 5.98. The maximum Gasteiger partial charge on any atom is 0.326 e. The third-order valence-corrected chi connectivity index (χ3v) is 4.00. The Morgan fingerprint density at radius 1 is 1.33 bits per heavy atom. The van der Waals surface area contributed by atoms with Crippen molar-refractivity contribution in [3.8, 4) is 5.82 Å².